The Morgan fingerprint density at radius 3 is 2.74 bits per heavy atom. The Labute approximate surface area is 157 Å². The van der Waals surface area contributed by atoms with Crippen LogP contribution < -0.4 is 10.9 Å². The fourth-order valence-corrected chi connectivity index (χ4v) is 2.89. The van der Waals surface area contributed by atoms with E-state index in [2.05, 4.69) is 22.3 Å². The summed E-state index contributed by atoms with van der Waals surface area (Å²) in [7, 11) is 0. The Hall–Kier alpha value is -3.41. The minimum atomic E-state index is -0.190. The van der Waals surface area contributed by atoms with Crippen LogP contribution in [0.4, 0.5) is 11.4 Å². The molecule has 0 aliphatic carbocycles. The molecule has 3 rings (SSSR count). The lowest BCUT2D eigenvalue weighted by atomic mass is 10.1. The molecule has 2 N–H and O–H groups in total. The lowest BCUT2D eigenvalue weighted by Crippen LogP contribution is -2.17. The first-order chi connectivity index (χ1) is 13.0. The number of hydrogen-bond acceptors (Lipinski definition) is 3. The van der Waals surface area contributed by atoms with E-state index in [-0.39, 0.29) is 11.5 Å². The topological polar surface area (TPSA) is 79.2 Å². The molecule has 6 heteroatoms. The maximum atomic E-state index is 12.9. The summed E-state index contributed by atoms with van der Waals surface area (Å²) < 4.78 is 1.45. The van der Waals surface area contributed by atoms with Crippen LogP contribution in [0.1, 0.15) is 30.7 Å². The first-order valence-corrected chi connectivity index (χ1v) is 8.81. The number of rotatable bonds is 5. The van der Waals surface area contributed by atoms with Gasteiger partial charge in [-0.25, -0.2) is 4.68 Å². The standard InChI is InChI=1S/C21H22N4O2/c1-4-16-8-5-6-11-20(16)22-13-19-14(2)24-25(21(19)27)18-10-7-9-17(12-18)23-15(3)26/h5-13,24H,4H2,1-3H3,(H,23,26). The van der Waals surface area contributed by atoms with E-state index in [1.54, 1.807) is 30.5 Å². The molecular weight excluding hydrogens is 340 g/mol. The van der Waals surface area contributed by atoms with E-state index >= 15 is 0 Å². The zero-order chi connectivity index (χ0) is 19.4. The molecule has 6 nitrogen and oxygen atoms in total. The number of para-hydroxylation sites is 1. The summed E-state index contributed by atoms with van der Waals surface area (Å²) in [5.74, 6) is -0.162. The van der Waals surface area contributed by atoms with Gasteiger partial charge < -0.3 is 5.32 Å². The molecule has 0 aliphatic heterocycles. The van der Waals surface area contributed by atoms with Crippen LogP contribution in [0, 0.1) is 6.92 Å². The van der Waals surface area contributed by atoms with Gasteiger partial charge in [0, 0.05) is 24.5 Å². The van der Waals surface area contributed by atoms with E-state index in [0.717, 1.165) is 23.4 Å². The summed E-state index contributed by atoms with van der Waals surface area (Å²) in [6.45, 7) is 5.36. The molecule has 3 aromatic rings. The molecule has 0 radical (unpaired) electrons. The van der Waals surface area contributed by atoms with Crippen LogP contribution in [-0.4, -0.2) is 21.9 Å². The van der Waals surface area contributed by atoms with Crippen LogP contribution in [0.15, 0.2) is 58.3 Å². The molecular formula is C21H22N4O2. The van der Waals surface area contributed by atoms with Gasteiger partial charge in [-0.3, -0.25) is 19.7 Å². The van der Waals surface area contributed by atoms with Crippen LogP contribution in [0.25, 0.3) is 5.69 Å². The fourth-order valence-electron chi connectivity index (χ4n) is 2.89. The molecule has 0 fully saturated rings. The van der Waals surface area contributed by atoms with E-state index in [9.17, 15) is 9.59 Å². The first kappa shape index (κ1) is 18.4. The number of carbonyl (C=O) groups excluding carboxylic acids is 1. The molecule has 0 saturated heterocycles. The molecule has 1 heterocycles. The highest BCUT2D eigenvalue weighted by atomic mass is 16.1. The van der Waals surface area contributed by atoms with Crippen molar-refractivity contribution in [2.24, 2.45) is 4.99 Å². The third-order valence-electron chi connectivity index (χ3n) is 4.25. The number of nitrogens with zero attached hydrogens (tertiary/aromatic N) is 2. The second-order valence-electron chi connectivity index (χ2n) is 6.26. The van der Waals surface area contributed by atoms with Crippen molar-refractivity contribution in [1.29, 1.82) is 0 Å². The Balaban J connectivity index is 1.97. The molecule has 1 aromatic heterocycles. The van der Waals surface area contributed by atoms with Crippen molar-refractivity contribution in [3.05, 3.63) is 75.7 Å². The van der Waals surface area contributed by atoms with Crippen LogP contribution >= 0.6 is 0 Å². The number of carbonyl (C=O) groups is 1. The van der Waals surface area contributed by atoms with Gasteiger partial charge in [-0.2, -0.15) is 0 Å². The maximum Gasteiger partial charge on any atom is 0.280 e. The van der Waals surface area contributed by atoms with Crippen molar-refractivity contribution in [2.45, 2.75) is 27.2 Å². The number of aromatic amines is 1. The number of anilines is 1. The van der Waals surface area contributed by atoms with Gasteiger partial charge in [0.15, 0.2) is 0 Å². The van der Waals surface area contributed by atoms with Gasteiger partial charge in [-0.05, 0) is 43.2 Å². The Bertz CT molecular complexity index is 1060. The SMILES string of the molecule is CCc1ccccc1N=Cc1c(C)[nH]n(-c2cccc(NC(C)=O)c2)c1=O. The quantitative estimate of drug-likeness (QED) is 0.678. The number of aromatic nitrogens is 2. The summed E-state index contributed by atoms with van der Waals surface area (Å²) in [6, 6.07) is 15.0. The Morgan fingerprint density at radius 2 is 2.00 bits per heavy atom. The second kappa shape index (κ2) is 7.86. The van der Waals surface area contributed by atoms with Gasteiger partial charge in [0.2, 0.25) is 5.91 Å². The predicted octanol–water partition coefficient (Wildman–Crippen LogP) is 3.75. The van der Waals surface area contributed by atoms with Crippen molar-refractivity contribution >= 4 is 23.5 Å². The molecule has 0 atom stereocenters. The predicted molar refractivity (Wildman–Crippen MR) is 109 cm³/mol. The molecule has 0 saturated carbocycles. The average molecular weight is 362 g/mol. The average Bonchev–Trinajstić information content (AvgIpc) is 2.94. The van der Waals surface area contributed by atoms with Crippen LogP contribution in [0.2, 0.25) is 0 Å². The third-order valence-corrected chi connectivity index (χ3v) is 4.25. The molecule has 27 heavy (non-hydrogen) atoms. The molecule has 0 bridgehead atoms. The van der Waals surface area contributed by atoms with Crippen LogP contribution in [0.5, 0.6) is 0 Å². The van der Waals surface area contributed by atoms with E-state index in [4.69, 9.17) is 0 Å². The van der Waals surface area contributed by atoms with E-state index < -0.39 is 0 Å². The Kier molecular flexibility index (Phi) is 5.35. The van der Waals surface area contributed by atoms with Gasteiger partial charge in [0.25, 0.3) is 5.56 Å². The van der Waals surface area contributed by atoms with Gasteiger partial charge in [-0.1, -0.05) is 31.2 Å². The maximum absolute atomic E-state index is 12.9. The molecule has 0 aliphatic rings. The lowest BCUT2D eigenvalue weighted by molar-refractivity contribution is -0.114. The molecule has 138 valence electrons. The zero-order valence-electron chi connectivity index (χ0n) is 15.6. The smallest absolute Gasteiger partial charge is 0.280 e. The Morgan fingerprint density at radius 1 is 1.22 bits per heavy atom. The summed E-state index contributed by atoms with van der Waals surface area (Å²) >= 11 is 0. The highest BCUT2D eigenvalue weighted by molar-refractivity contribution is 5.89. The largest absolute Gasteiger partial charge is 0.326 e. The highest BCUT2D eigenvalue weighted by Crippen LogP contribution is 2.19. The normalized spacial score (nSPS) is 11.1. The van der Waals surface area contributed by atoms with Crippen molar-refractivity contribution < 1.29 is 4.79 Å². The number of amides is 1. The van der Waals surface area contributed by atoms with E-state index in [1.807, 2.05) is 31.2 Å². The van der Waals surface area contributed by atoms with Gasteiger partial charge >= 0.3 is 0 Å². The first-order valence-electron chi connectivity index (χ1n) is 8.81. The number of aryl methyl sites for hydroxylation is 2. The van der Waals surface area contributed by atoms with Gasteiger partial charge in [-0.15, -0.1) is 0 Å². The molecule has 2 aromatic carbocycles. The summed E-state index contributed by atoms with van der Waals surface area (Å²) in [5, 5.41) is 5.80. The third kappa shape index (κ3) is 4.06. The van der Waals surface area contributed by atoms with Crippen LogP contribution in [-0.2, 0) is 11.2 Å². The number of benzene rings is 2. The second-order valence-corrected chi connectivity index (χ2v) is 6.26. The number of nitrogens with one attached hydrogen (secondary N) is 2. The van der Waals surface area contributed by atoms with E-state index in [0.29, 0.717) is 16.9 Å². The summed E-state index contributed by atoms with van der Waals surface area (Å²) in [4.78, 5) is 28.6. The van der Waals surface area contributed by atoms with Crippen molar-refractivity contribution in [3.8, 4) is 5.69 Å². The fraction of sp³-hybridized carbons (Fsp3) is 0.190. The summed E-state index contributed by atoms with van der Waals surface area (Å²) in [6.07, 6.45) is 2.48. The lowest BCUT2D eigenvalue weighted by Gasteiger charge is -2.05. The molecule has 0 unspecified atom stereocenters. The number of aliphatic imine (C=N–C) groups is 1. The number of hydrogen-bond donors (Lipinski definition) is 2. The minimum Gasteiger partial charge on any atom is -0.326 e. The van der Waals surface area contributed by atoms with Crippen molar-refractivity contribution in [1.82, 2.24) is 9.78 Å². The van der Waals surface area contributed by atoms with Crippen molar-refractivity contribution in [3.63, 3.8) is 0 Å². The number of H-pyrrole nitrogens is 1. The van der Waals surface area contributed by atoms with Crippen molar-refractivity contribution in [2.75, 3.05) is 5.32 Å². The molecule has 0 spiro atoms. The van der Waals surface area contributed by atoms with Crippen LogP contribution in [0.3, 0.4) is 0 Å². The van der Waals surface area contributed by atoms with E-state index in [1.165, 1.54) is 11.6 Å². The monoisotopic (exact) mass is 362 g/mol. The zero-order valence-corrected chi connectivity index (χ0v) is 15.6. The minimum absolute atomic E-state index is 0.162. The van der Waals surface area contributed by atoms with Gasteiger partial charge in [0.05, 0.1) is 16.9 Å². The van der Waals surface area contributed by atoms with Gasteiger partial charge in [0.1, 0.15) is 0 Å². The molecule has 1 amide bonds. The highest BCUT2D eigenvalue weighted by Gasteiger charge is 2.11. The summed E-state index contributed by atoms with van der Waals surface area (Å²) in [5.41, 5.74) is 4.30.